The Labute approximate surface area is 149 Å². The minimum atomic E-state index is -0.344. The predicted octanol–water partition coefficient (Wildman–Crippen LogP) is 2.33. The number of anilines is 2. The maximum atomic E-state index is 12.8. The Kier molecular flexibility index (Phi) is 4.10. The first-order valence-electron chi connectivity index (χ1n) is 8.14. The van der Waals surface area contributed by atoms with Gasteiger partial charge >= 0.3 is 0 Å². The van der Waals surface area contributed by atoms with Crippen molar-refractivity contribution in [3.8, 4) is 0 Å². The monoisotopic (exact) mass is 345 g/mol. The van der Waals surface area contributed by atoms with E-state index >= 15 is 0 Å². The Balaban J connectivity index is 1.58. The third kappa shape index (κ3) is 3.02. The lowest BCUT2D eigenvalue weighted by atomic mass is 10.1. The number of carbonyl (C=O) groups is 2. The van der Waals surface area contributed by atoms with E-state index in [0.717, 1.165) is 17.7 Å². The fourth-order valence-electron chi connectivity index (χ4n) is 2.93. The molecule has 0 bridgehead atoms. The van der Waals surface area contributed by atoms with Crippen LogP contribution < -0.4 is 10.2 Å². The van der Waals surface area contributed by atoms with Crippen LogP contribution in [0.2, 0.25) is 0 Å². The summed E-state index contributed by atoms with van der Waals surface area (Å²) in [6, 6.07) is 8.96. The van der Waals surface area contributed by atoms with E-state index in [4.69, 9.17) is 0 Å². The van der Waals surface area contributed by atoms with Crippen molar-refractivity contribution < 1.29 is 9.59 Å². The quantitative estimate of drug-likeness (QED) is 0.787. The lowest BCUT2D eigenvalue weighted by Gasteiger charge is -2.18. The average Bonchev–Trinajstić information content (AvgIpc) is 3.12. The molecule has 26 heavy (non-hydrogen) atoms. The molecule has 1 aliphatic heterocycles. The van der Waals surface area contributed by atoms with Gasteiger partial charge in [0.15, 0.2) is 0 Å². The highest BCUT2D eigenvalue weighted by Crippen LogP contribution is 2.32. The molecule has 1 N–H and O–H groups in total. The third-order valence-electron chi connectivity index (χ3n) is 4.21. The highest BCUT2D eigenvalue weighted by molar-refractivity contribution is 6.08. The molecule has 0 saturated heterocycles. The topological polar surface area (TPSA) is 88.1 Å². The van der Waals surface area contributed by atoms with Crippen LogP contribution >= 0.6 is 0 Å². The number of benzene rings is 1. The lowest BCUT2D eigenvalue weighted by Crippen LogP contribution is -2.28. The van der Waals surface area contributed by atoms with Crippen LogP contribution in [0.1, 0.15) is 26.4 Å². The molecule has 7 heteroatoms. The molecule has 3 aromatic rings. The second-order valence-corrected chi connectivity index (χ2v) is 5.83. The predicted molar refractivity (Wildman–Crippen MR) is 96.0 cm³/mol. The zero-order valence-corrected chi connectivity index (χ0v) is 13.8. The van der Waals surface area contributed by atoms with Gasteiger partial charge in [-0.3, -0.25) is 19.6 Å². The fourth-order valence-corrected chi connectivity index (χ4v) is 2.93. The number of nitrogens with one attached hydrogen (secondary N) is 1. The van der Waals surface area contributed by atoms with E-state index in [2.05, 4.69) is 20.3 Å². The number of hydrogen-bond acceptors (Lipinski definition) is 5. The first-order chi connectivity index (χ1) is 12.7. The molecule has 0 aliphatic carbocycles. The molecular weight excluding hydrogens is 330 g/mol. The molecule has 128 valence electrons. The Morgan fingerprint density at radius 1 is 1.00 bits per heavy atom. The summed E-state index contributed by atoms with van der Waals surface area (Å²) in [5.74, 6) is -0.424. The Bertz CT molecular complexity index is 960. The van der Waals surface area contributed by atoms with Crippen LogP contribution in [0, 0.1) is 0 Å². The normalized spacial score (nSPS) is 12.5. The van der Waals surface area contributed by atoms with Crippen LogP contribution in [-0.4, -0.2) is 33.3 Å². The van der Waals surface area contributed by atoms with E-state index in [-0.39, 0.29) is 17.5 Å². The number of pyridine rings is 1. The zero-order chi connectivity index (χ0) is 17.9. The summed E-state index contributed by atoms with van der Waals surface area (Å²) in [5.41, 5.74) is 3.31. The van der Waals surface area contributed by atoms with Gasteiger partial charge in [0, 0.05) is 48.3 Å². The summed E-state index contributed by atoms with van der Waals surface area (Å²) in [6.07, 6.45) is 8.36. The van der Waals surface area contributed by atoms with E-state index in [0.29, 0.717) is 17.8 Å². The van der Waals surface area contributed by atoms with Crippen molar-refractivity contribution in [2.45, 2.75) is 6.42 Å². The van der Waals surface area contributed by atoms with Crippen LogP contribution in [0.5, 0.6) is 0 Å². The van der Waals surface area contributed by atoms with Gasteiger partial charge in [0.1, 0.15) is 5.69 Å². The van der Waals surface area contributed by atoms with Gasteiger partial charge in [-0.15, -0.1) is 0 Å². The molecule has 3 heterocycles. The van der Waals surface area contributed by atoms with Crippen molar-refractivity contribution in [2.24, 2.45) is 0 Å². The number of hydrogen-bond donors (Lipinski definition) is 1. The molecule has 0 spiro atoms. The van der Waals surface area contributed by atoms with Crippen LogP contribution in [0.15, 0.2) is 61.3 Å². The summed E-state index contributed by atoms with van der Waals surface area (Å²) in [6.45, 7) is 0.609. The van der Waals surface area contributed by atoms with Crippen molar-refractivity contribution in [1.29, 1.82) is 0 Å². The van der Waals surface area contributed by atoms with E-state index in [1.165, 1.54) is 18.6 Å². The summed E-state index contributed by atoms with van der Waals surface area (Å²) in [7, 11) is 0. The molecule has 2 amide bonds. The van der Waals surface area contributed by atoms with Crippen molar-refractivity contribution >= 4 is 23.2 Å². The van der Waals surface area contributed by atoms with E-state index in [1.54, 1.807) is 29.4 Å². The molecular formula is C19H15N5O2. The second-order valence-electron chi connectivity index (χ2n) is 5.83. The van der Waals surface area contributed by atoms with Crippen LogP contribution in [0.3, 0.4) is 0 Å². The second kappa shape index (κ2) is 6.72. The van der Waals surface area contributed by atoms with Gasteiger partial charge in [0.25, 0.3) is 11.8 Å². The minimum Gasteiger partial charge on any atom is -0.321 e. The molecule has 2 aromatic heterocycles. The molecule has 7 nitrogen and oxygen atoms in total. The molecule has 0 fully saturated rings. The van der Waals surface area contributed by atoms with Gasteiger partial charge in [-0.25, -0.2) is 4.98 Å². The number of nitrogens with zero attached hydrogens (tertiary/aromatic N) is 4. The maximum Gasteiger partial charge on any atom is 0.275 e. The Hall–Kier alpha value is -3.61. The number of carbonyl (C=O) groups excluding carboxylic acids is 2. The molecule has 0 radical (unpaired) electrons. The van der Waals surface area contributed by atoms with Crippen LogP contribution in [0.25, 0.3) is 0 Å². The third-order valence-corrected chi connectivity index (χ3v) is 4.21. The van der Waals surface area contributed by atoms with E-state index in [9.17, 15) is 9.59 Å². The molecule has 0 unspecified atom stereocenters. The van der Waals surface area contributed by atoms with Crippen molar-refractivity contribution in [3.63, 3.8) is 0 Å². The van der Waals surface area contributed by atoms with Gasteiger partial charge in [0.2, 0.25) is 0 Å². The molecule has 4 rings (SSSR count). The van der Waals surface area contributed by atoms with Crippen LogP contribution in [-0.2, 0) is 6.42 Å². The SMILES string of the molecule is O=C(Nc1ccc2c(c1)N(C(=O)c1ccncc1)CC2)c1cnccn1. The minimum absolute atomic E-state index is 0.0800. The fraction of sp³-hybridized carbons (Fsp3) is 0.105. The van der Waals surface area contributed by atoms with Gasteiger partial charge in [-0.1, -0.05) is 6.07 Å². The molecule has 0 atom stereocenters. The largest absolute Gasteiger partial charge is 0.321 e. The first-order valence-corrected chi connectivity index (χ1v) is 8.14. The van der Waals surface area contributed by atoms with Crippen molar-refractivity contribution in [3.05, 3.63) is 78.1 Å². The highest BCUT2D eigenvalue weighted by atomic mass is 16.2. The summed E-state index contributed by atoms with van der Waals surface area (Å²) in [5, 5.41) is 2.80. The number of amides is 2. The zero-order valence-electron chi connectivity index (χ0n) is 13.8. The van der Waals surface area contributed by atoms with Gasteiger partial charge in [-0.2, -0.15) is 0 Å². The standard InChI is InChI=1S/C19H15N5O2/c25-18(16-12-21-8-9-22-16)23-15-2-1-13-5-10-24(17(13)11-15)19(26)14-3-6-20-7-4-14/h1-4,6-9,11-12H,5,10H2,(H,23,25). The summed E-state index contributed by atoms with van der Waals surface area (Å²) < 4.78 is 0. The van der Waals surface area contributed by atoms with Gasteiger partial charge in [0.05, 0.1) is 6.20 Å². The maximum absolute atomic E-state index is 12.8. The summed E-state index contributed by atoms with van der Waals surface area (Å²) in [4.78, 5) is 38.6. The van der Waals surface area contributed by atoms with E-state index < -0.39 is 0 Å². The highest BCUT2D eigenvalue weighted by Gasteiger charge is 2.26. The van der Waals surface area contributed by atoms with Gasteiger partial charge in [-0.05, 0) is 36.2 Å². The van der Waals surface area contributed by atoms with Gasteiger partial charge < -0.3 is 10.2 Å². The number of aromatic nitrogens is 3. The Morgan fingerprint density at radius 3 is 2.62 bits per heavy atom. The molecule has 0 saturated carbocycles. The number of fused-ring (bicyclic) bond motifs is 1. The average molecular weight is 345 g/mol. The van der Waals surface area contributed by atoms with Crippen molar-refractivity contribution in [1.82, 2.24) is 15.0 Å². The first kappa shape index (κ1) is 15.9. The molecule has 1 aromatic carbocycles. The van der Waals surface area contributed by atoms with E-state index in [1.807, 2.05) is 18.2 Å². The summed E-state index contributed by atoms with van der Waals surface area (Å²) >= 11 is 0. The van der Waals surface area contributed by atoms with Crippen molar-refractivity contribution in [2.75, 3.05) is 16.8 Å². The lowest BCUT2D eigenvalue weighted by molar-refractivity contribution is 0.0987. The number of rotatable bonds is 3. The smallest absolute Gasteiger partial charge is 0.275 e. The molecule has 1 aliphatic rings. The van der Waals surface area contributed by atoms with Crippen LogP contribution in [0.4, 0.5) is 11.4 Å². The Morgan fingerprint density at radius 2 is 1.85 bits per heavy atom.